The minimum Gasteiger partial charge on any atom is -0.464 e. The summed E-state index contributed by atoms with van der Waals surface area (Å²) in [6, 6.07) is 12.8. The van der Waals surface area contributed by atoms with E-state index in [1.54, 1.807) is 0 Å². The molecule has 1 saturated carbocycles. The highest BCUT2D eigenvalue weighted by molar-refractivity contribution is 5.51. The van der Waals surface area contributed by atoms with E-state index >= 15 is 0 Å². The van der Waals surface area contributed by atoms with Crippen molar-refractivity contribution < 1.29 is 4.42 Å². The van der Waals surface area contributed by atoms with Crippen LogP contribution in [-0.2, 0) is 13.0 Å². The molecule has 0 radical (unpaired) electrons. The molecule has 1 aromatic heterocycles. The molecule has 106 valence electrons. The summed E-state index contributed by atoms with van der Waals surface area (Å²) < 4.78 is 5.94. The van der Waals surface area contributed by atoms with Gasteiger partial charge in [0.1, 0.15) is 11.5 Å². The van der Waals surface area contributed by atoms with Gasteiger partial charge in [-0.15, -0.1) is 0 Å². The smallest absolute Gasteiger partial charge is 0.123 e. The lowest BCUT2D eigenvalue weighted by Crippen LogP contribution is -2.01. The molecule has 1 fully saturated rings. The van der Waals surface area contributed by atoms with Gasteiger partial charge in [-0.25, -0.2) is 0 Å². The second-order valence-corrected chi connectivity index (χ2v) is 5.88. The average Bonchev–Trinajstić information content (AvgIpc) is 3.01. The van der Waals surface area contributed by atoms with Gasteiger partial charge in [-0.2, -0.15) is 0 Å². The lowest BCUT2D eigenvalue weighted by atomic mass is 10.1. The highest BCUT2D eigenvalue weighted by Crippen LogP contribution is 2.47. The van der Waals surface area contributed by atoms with E-state index in [9.17, 15) is 0 Å². The van der Waals surface area contributed by atoms with Crippen LogP contribution in [0.15, 0.2) is 40.8 Å². The Kier molecular flexibility index (Phi) is 3.81. The predicted molar refractivity (Wildman–Crippen MR) is 83.0 cm³/mol. The van der Waals surface area contributed by atoms with Crippen LogP contribution in [0.4, 0.5) is 5.69 Å². The number of hydrogen-bond donors (Lipinski definition) is 1. The molecular formula is C18H23NO. The van der Waals surface area contributed by atoms with E-state index in [0.717, 1.165) is 30.4 Å². The minimum atomic E-state index is 0.663. The van der Waals surface area contributed by atoms with Crippen LogP contribution in [0, 0.1) is 5.92 Å². The molecule has 0 bridgehead atoms. The Hall–Kier alpha value is -1.70. The van der Waals surface area contributed by atoms with Gasteiger partial charge in [0.15, 0.2) is 0 Å². The topological polar surface area (TPSA) is 25.2 Å². The Bertz CT molecular complexity index is 572. The molecule has 0 aliphatic heterocycles. The van der Waals surface area contributed by atoms with Crippen molar-refractivity contribution >= 4 is 5.69 Å². The molecule has 1 N–H and O–H groups in total. The van der Waals surface area contributed by atoms with E-state index in [-0.39, 0.29) is 0 Å². The summed E-state index contributed by atoms with van der Waals surface area (Å²) in [4.78, 5) is 0. The molecule has 2 nitrogen and oxygen atoms in total. The zero-order chi connectivity index (χ0) is 13.9. The van der Waals surface area contributed by atoms with Crippen LogP contribution in [0.3, 0.4) is 0 Å². The Balaban J connectivity index is 1.63. The fourth-order valence-corrected chi connectivity index (χ4v) is 2.77. The molecule has 1 aliphatic rings. The molecule has 0 amide bonds. The monoisotopic (exact) mass is 269 g/mol. The minimum absolute atomic E-state index is 0.663. The van der Waals surface area contributed by atoms with E-state index in [2.05, 4.69) is 55.6 Å². The number of furan rings is 1. The number of para-hydroxylation sites is 1. The highest BCUT2D eigenvalue weighted by atomic mass is 16.3. The first-order chi connectivity index (χ1) is 9.78. The Morgan fingerprint density at radius 3 is 2.75 bits per heavy atom. The first-order valence-corrected chi connectivity index (χ1v) is 7.68. The van der Waals surface area contributed by atoms with Crippen LogP contribution in [0.25, 0.3) is 0 Å². The molecule has 20 heavy (non-hydrogen) atoms. The van der Waals surface area contributed by atoms with Crippen molar-refractivity contribution in [3.63, 3.8) is 0 Å². The summed E-state index contributed by atoms with van der Waals surface area (Å²) in [5.41, 5.74) is 2.62. The molecule has 2 aromatic rings. The van der Waals surface area contributed by atoms with Crippen LogP contribution in [0.1, 0.15) is 49.7 Å². The normalized spacial score (nSPS) is 20.9. The zero-order valence-electron chi connectivity index (χ0n) is 12.4. The fraction of sp³-hybridized carbons (Fsp3) is 0.444. The second kappa shape index (κ2) is 5.74. The van der Waals surface area contributed by atoms with Gasteiger partial charge in [-0.05, 0) is 42.5 Å². The molecule has 2 atom stereocenters. The van der Waals surface area contributed by atoms with E-state index in [4.69, 9.17) is 4.42 Å². The lowest BCUT2D eigenvalue weighted by Gasteiger charge is -2.10. The van der Waals surface area contributed by atoms with E-state index in [0.29, 0.717) is 5.92 Å². The number of anilines is 1. The fourth-order valence-electron chi connectivity index (χ4n) is 2.77. The largest absolute Gasteiger partial charge is 0.464 e. The summed E-state index contributed by atoms with van der Waals surface area (Å²) in [5.74, 6) is 3.66. The molecule has 3 rings (SSSR count). The van der Waals surface area contributed by atoms with Crippen molar-refractivity contribution in [3.8, 4) is 0 Å². The van der Waals surface area contributed by atoms with Gasteiger partial charge < -0.3 is 9.73 Å². The van der Waals surface area contributed by atoms with Gasteiger partial charge in [0.2, 0.25) is 0 Å². The Morgan fingerprint density at radius 2 is 2.00 bits per heavy atom. The van der Waals surface area contributed by atoms with E-state index < -0.39 is 0 Å². The third-order valence-electron chi connectivity index (χ3n) is 4.15. The van der Waals surface area contributed by atoms with Crippen LogP contribution >= 0.6 is 0 Å². The van der Waals surface area contributed by atoms with Crippen molar-refractivity contribution in [3.05, 3.63) is 53.5 Å². The maximum absolute atomic E-state index is 5.94. The first kappa shape index (κ1) is 13.3. The number of benzene rings is 1. The van der Waals surface area contributed by atoms with Gasteiger partial charge in [-0.1, -0.05) is 38.5 Å². The number of hydrogen-bond acceptors (Lipinski definition) is 2. The lowest BCUT2D eigenvalue weighted by molar-refractivity contribution is 0.468. The zero-order valence-corrected chi connectivity index (χ0v) is 12.4. The third kappa shape index (κ3) is 2.90. The van der Waals surface area contributed by atoms with Gasteiger partial charge in [0.25, 0.3) is 0 Å². The average molecular weight is 269 g/mol. The first-order valence-electron chi connectivity index (χ1n) is 7.68. The number of nitrogens with one attached hydrogen (secondary N) is 1. The van der Waals surface area contributed by atoms with Crippen LogP contribution in [0.5, 0.6) is 0 Å². The van der Waals surface area contributed by atoms with Crippen LogP contribution in [0.2, 0.25) is 0 Å². The molecule has 0 spiro atoms. The molecule has 2 unspecified atom stereocenters. The molecule has 0 saturated heterocycles. The molecule has 2 heteroatoms. The summed E-state index contributed by atoms with van der Waals surface area (Å²) in [6.45, 7) is 5.26. The Labute approximate surface area is 121 Å². The quantitative estimate of drug-likeness (QED) is 0.801. The Morgan fingerprint density at radius 1 is 1.20 bits per heavy atom. The summed E-state index contributed by atoms with van der Waals surface area (Å²) in [6.07, 6.45) is 3.56. The van der Waals surface area contributed by atoms with Crippen molar-refractivity contribution in [2.75, 3.05) is 5.32 Å². The summed E-state index contributed by atoms with van der Waals surface area (Å²) >= 11 is 0. The molecule has 1 heterocycles. The SMILES string of the molecule is CCCc1ccccc1NCc1ccc(C2CC2C)o1. The summed E-state index contributed by atoms with van der Waals surface area (Å²) in [5, 5.41) is 3.50. The van der Waals surface area contributed by atoms with Gasteiger partial charge >= 0.3 is 0 Å². The van der Waals surface area contributed by atoms with Gasteiger partial charge in [0.05, 0.1) is 6.54 Å². The van der Waals surface area contributed by atoms with Gasteiger partial charge in [-0.3, -0.25) is 0 Å². The molecule has 1 aliphatic carbocycles. The van der Waals surface area contributed by atoms with E-state index in [1.807, 2.05) is 0 Å². The maximum Gasteiger partial charge on any atom is 0.123 e. The predicted octanol–water partition coefficient (Wildman–Crippen LogP) is 4.97. The van der Waals surface area contributed by atoms with Crippen LogP contribution in [-0.4, -0.2) is 0 Å². The van der Waals surface area contributed by atoms with E-state index in [1.165, 1.54) is 24.1 Å². The van der Waals surface area contributed by atoms with Crippen molar-refractivity contribution in [1.82, 2.24) is 0 Å². The van der Waals surface area contributed by atoms with Crippen molar-refractivity contribution in [2.24, 2.45) is 5.92 Å². The third-order valence-corrected chi connectivity index (χ3v) is 4.15. The van der Waals surface area contributed by atoms with Crippen LogP contribution < -0.4 is 5.32 Å². The molecule has 1 aromatic carbocycles. The number of aryl methyl sites for hydroxylation is 1. The molecular weight excluding hydrogens is 246 g/mol. The van der Waals surface area contributed by atoms with Gasteiger partial charge in [0, 0.05) is 11.6 Å². The maximum atomic E-state index is 5.94. The number of rotatable bonds is 6. The van der Waals surface area contributed by atoms with Crippen molar-refractivity contribution in [2.45, 2.75) is 45.6 Å². The second-order valence-electron chi connectivity index (χ2n) is 5.88. The highest BCUT2D eigenvalue weighted by Gasteiger charge is 2.36. The standard InChI is InChI=1S/C18H23NO/c1-3-6-14-7-4-5-8-17(14)19-12-15-9-10-18(20-15)16-11-13(16)2/h4-5,7-10,13,16,19H,3,6,11-12H2,1-2H3. The summed E-state index contributed by atoms with van der Waals surface area (Å²) in [7, 11) is 0. The van der Waals surface area contributed by atoms with Crippen molar-refractivity contribution in [1.29, 1.82) is 0 Å².